The molecule has 100 valence electrons. The summed E-state index contributed by atoms with van der Waals surface area (Å²) in [6, 6.07) is 8.64. The second-order valence-electron chi connectivity index (χ2n) is 4.26. The van der Waals surface area contributed by atoms with Crippen molar-refractivity contribution in [2.24, 2.45) is 0 Å². The smallest absolute Gasteiger partial charge is 0.398 e. The fourth-order valence-electron chi connectivity index (χ4n) is 1.86. The van der Waals surface area contributed by atoms with Gasteiger partial charge in [0.05, 0.1) is 16.3 Å². The number of nitrogens with two attached hydrogens (primary N) is 1. The number of benzene rings is 2. The van der Waals surface area contributed by atoms with Crippen LogP contribution in [0.4, 0.5) is 18.9 Å². The van der Waals surface area contributed by atoms with Gasteiger partial charge < -0.3 is 5.73 Å². The first kappa shape index (κ1) is 13.7. The fourth-order valence-corrected chi connectivity index (χ4v) is 2.04. The zero-order valence-corrected chi connectivity index (χ0v) is 10.8. The molecular formula is C14H11ClF3N. The van der Waals surface area contributed by atoms with Gasteiger partial charge in [-0.15, -0.1) is 0 Å². The summed E-state index contributed by atoms with van der Waals surface area (Å²) in [5.74, 6) is 0. The molecule has 0 unspecified atom stereocenters. The lowest BCUT2D eigenvalue weighted by atomic mass is 9.98. The normalized spacial score (nSPS) is 11.6. The van der Waals surface area contributed by atoms with Gasteiger partial charge in [0.2, 0.25) is 0 Å². The highest BCUT2D eigenvalue weighted by Crippen LogP contribution is 2.34. The monoisotopic (exact) mass is 285 g/mol. The highest BCUT2D eigenvalue weighted by atomic mass is 35.5. The molecule has 0 atom stereocenters. The molecule has 5 heteroatoms. The van der Waals surface area contributed by atoms with Gasteiger partial charge in [0.15, 0.2) is 0 Å². The predicted octanol–water partition coefficient (Wildman–Crippen LogP) is 4.92. The van der Waals surface area contributed by atoms with E-state index >= 15 is 0 Å². The van der Waals surface area contributed by atoms with Crippen molar-refractivity contribution in [2.45, 2.75) is 13.1 Å². The van der Waals surface area contributed by atoms with Crippen LogP contribution in [0, 0.1) is 6.92 Å². The maximum Gasteiger partial charge on any atom is 0.416 e. The summed E-state index contributed by atoms with van der Waals surface area (Å²) in [5, 5.41) is 0.386. The molecule has 0 spiro atoms. The third-order valence-electron chi connectivity index (χ3n) is 2.87. The van der Waals surface area contributed by atoms with Crippen LogP contribution in [-0.4, -0.2) is 0 Å². The van der Waals surface area contributed by atoms with E-state index in [9.17, 15) is 13.2 Å². The van der Waals surface area contributed by atoms with E-state index in [1.54, 1.807) is 25.1 Å². The number of rotatable bonds is 1. The molecule has 0 bridgehead atoms. The van der Waals surface area contributed by atoms with Crippen molar-refractivity contribution in [3.63, 3.8) is 0 Å². The molecule has 0 amide bonds. The lowest BCUT2D eigenvalue weighted by molar-refractivity contribution is -0.137. The molecule has 2 N–H and O–H groups in total. The van der Waals surface area contributed by atoms with Crippen LogP contribution in [0.25, 0.3) is 11.1 Å². The molecule has 0 aliphatic carbocycles. The van der Waals surface area contributed by atoms with Crippen molar-refractivity contribution in [1.82, 2.24) is 0 Å². The molecule has 1 nitrogen and oxygen atoms in total. The molecule has 0 heterocycles. The van der Waals surface area contributed by atoms with Gasteiger partial charge in [-0.25, -0.2) is 0 Å². The van der Waals surface area contributed by atoms with Crippen molar-refractivity contribution in [2.75, 3.05) is 5.73 Å². The Morgan fingerprint density at radius 1 is 1.05 bits per heavy atom. The summed E-state index contributed by atoms with van der Waals surface area (Å²) >= 11 is 5.91. The quantitative estimate of drug-likeness (QED) is 0.740. The Labute approximate surface area is 113 Å². The Kier molecular flexibility index (Phi) is 3.45. The second-order valence-corrected chi connectivity index (χ2v) is 4.67. The molecule has 0 aliphatic rings. The Morgan fingerprint density at radius 3 is 2.26 bits per heavy atom. The summed E-state index contributed by atoms with van der Waals surface area (Å²) in [4.78, 5) is 0. The fraction of sp³-hybridized carbons (Fsp3) is 0.143. The van der Waals surface area contributed by atoms with Crippen LogP contribution >= 0.6 is 11.6 Å². The summed E-state index contributed by atoms with van der Waals surface area (Å²) in [6.45, 7) is 1.63. The Hall–Kier alpha value is -1.68. The SMILES string of the molecule is Cc1cc(C(F)(F)F)ccc1-c1ccc(N)c(Cl)c1. The molecule has 0 fully saturated rings. The van der Waals surface area contributed by atoms with E-state index in [0.717, 1.165) is 17.7 Å². The van der Waals surface area contributed by atoms with Crippen molar-refractivity contribution < 1.29 is 13.2 Å². The van der Waals surface area contributed by atoms with E-state index in [2.05, 4.69) is 0 Å². The van der Waals surface area contributed by atoms with Crippen LogP contribution in [0.15, 0.2) is 36.4 Å². The van der Waals surface area contributed by atoms with Gasteiger partial charge in [-0.2, -0.15) is 13.2 Å². The topological polar surface area (TPSA) is 26.0 Å². The number of hydrogen-bond acceptors (Lipinski definition) is 1. The van der Waals surface area contributed by atoms with Gasteiger partial charge in [-0.1, -0.05) is 23.7 Å². The third-order valence-corrected chi connectivity index (χ3v) is 3.19. The molecule has 0 radical (unpaired) electrons. The van der Waals surface area contributed by atoms with Crippen LogP contribution in [0.2, 0.25) is 5.02 Å². The van der Waals surface area contributed by atoms with Gasteiger partial charge >= 0.3 is 6.18 Å². The molecule has 0 saturated heterocycles. The number of nitrogen functional groups attached to an aromatic ring is 1. The molecule has 0 saturated carbocycles. The number of anilines is 1. The first-order valence-corrected chi connectivity index (χ1v) is 5.90. The van der Waals surface area contributed by atoms with Crippen LogP contribution in [0.5, 0.6) is 0 Å². The zero-order chi connectivity index (χ0) is 14.2. The summed E-state index contributed by atoms with van der Waals surface area (Å²) in [7, 11) is 0. The van der Waals surface area contributed by atoms with E-state index in [1.807, 2.05) is 0 Å². The van der Waals surface area contributed by atoms with E-state index in [-0.39, 0.29) is 0 Å². The van der Waals surface area contributed by atoms with Gasteiger partial charge in [0.1, 0.15) is 0 Å². The van der Waals surface area contributed by atoms with Gasteiger partial charge in [-0.05, 0) is 47.9 Å². The summed E-state index contributed by atoms with van der Waals surface area (Å²) < 4.78 is 37.7. The second kappa shape index (κ2) is 4.78. The van der Waals surface area contributed by atoms with Crippen molar-refractivity contribution in [3.05, 3.63) is 52.5 Å². The number of alkyl halides is 3. The van der Waals surface area contributed by atoms with Gasteiger partial charge in [-0.3, -0.25) is 0 Å². The van der Waals surface area contributed by atoms with Crippen molar-refractivity contribution >= 4 is 17.3 Å². The first-order chi connectivity index (χ1) is 8.79. The van der Waals surface area contributed by atoms with E-state index in [1.165, 1.54) is 6.07 Å². The Morgan fingerprint density at radius 2 is 1.74 bits per heavy atom. The average Bonchev–Trinajstić information content (AvgIpc) is 2.31. The van der Waals surface area contributed by atoms with Crippen LogP contribution in [-0.2, 0) is 6.18 Å². The molecule has 2 aromatic rings. The molecule has 0 aromatic heterocycles. The maximum atomic E-state index is 12.6. The highest BCUT2D eigenvalue weighted by Gasteiger charge is 2.30. The van der Waals surface area contributed by atoms with Crippen LogP contribution in [0.1, 0.15) is 11.1 Å². The minimum absolute atomic E-state index is 0.386. The van der Waals surface area contributed by atoms with E-state index < -0.39 is 11.7 Å². The predicted molar refractivity (Wildman–Crippen MR) is 71.0 cm³/mol. The van der Waals surface area contributed by atoms with Crippen LogP contribution < -0.4 is 5.73 Å². The minimum Gasteiger partial charge on any atom is -0.398 e. The molecule has 2 aromatic carbocycles. The minimum atomic E-state index is -4.33. The highest BCUT2D eigenvalue weighted by molar-refractivity contribution is 6.33. The third kappa shape index (κ3) is 2.84. The Bertz CT molecular complexity index is 621. The number of aryl methyl sites for hydroxylation is 1. The van der Waals surface area contributed by atoms with Crippen molar-refractivity contribution in [3.8, 4) is 11.1 Å². The molecular weight excluding hydrogens is 275 g/mol. The number of hydrogen-bond donors (Lipinski definition) is 1. The van der Waals surface area contributed by atoms with Gasteiger partial charge in [0, 0.05) is 0 Å². The van der Waals surface area contributed by atoms with Crippen LogP contribution in [0.3, 0.4) is 0 Å². The maximum absolute atomic E-state index is 12.6. The lowest BCUT2D eigenvalue weighted by Crippen LogP contribution is -2.05. The van der Waals surface area contributed by atoms with E-state index in [4.69, 9.17) is 17.3 Å². The largest absolute Gasteiger partial charge is 0.416 e. The van der Waals surface area contributed by atoms with E-state index in [0.29, 0.717) is 21.8 Å². The molecule has 0 aliphatic heterocycles. The molecule has 19 heavy (non-hydrogen) atoms. The summed E-state index contributed by atoms with van der Waals surface area (Å²) in [5.41, 5.74) is 7.37. The lowest BCUT2D eigenvalue weighted by Gasteiger charge is -2.12. The van der Waals surface area contributed by atoms with Crippen molar-refractivity contribution in [1.29, 1.82) is 0 Å². The first-order valence-electron chi connectivity index (χ1n) is 5.52. The standard InChI is InChI=1S/C14H11ClF3N/c1-8-6-10(14(16,17)18)3-4-11(8)9-2-5-13(19)12(15)7-9/h2-7H,19H2,1H3. The zero-order valence-electron chi connectivity index (χ0n) is 10.1. The number of halogens is 4. The molecule has 2 rings (SSSR count). The Balaban J connectivity index is 2.49. The summed E-state index contributed by atoms with van der Waals surface area (Å²) in [6.07, 6.45) is -4.33. The average molecular weight is 286 g/mol. The van der Waals surface area contributed by atoms with Gasteiger partial charge in [0.25, 0.3) is 0 Å².